The molecule has 1 aromatic rings. The Balaban J connectivity index is 1.78. The van der Waals surface area contributed by atoms with Crippen LogP contribution in [0.2, 0.25) is 0 Å². The highest BCUT2D eigenvalue weighted by atomic mass is 16.4. The number of hydrogen-bond acceptors (Lipinski definition) is 4. The van der Waals surface area contributed by atoms with Crippen molar-refractivity contribution in [1.29, 1.82) is 0 Å². The molecule has 23 heavy (non-hydrogen) atoms. The molecule has 0 aromatic carbocycles. The minimum Gasteiger partial charge on any atom is -0.481 e. The first-order valence-electron chi connectivity index (χ1n) is 7.91. The summed E-state index contributed by atoms with van der Waals surface area (Å²) in [5.74, 6) is 0.0154. The summed E-state index contributed by atoms with van der Waals surface area (Å²) in [5, 5.41) is 11.8. The minimum absolute atomic E-state index is 0.000336. The number of pyridine rings is 1. The molecule has 126 valence electrons. The van der Waals surface area contributed by atoms with E-state index >= 15 is 0 Å². The normalized spacial score (nSPS) is 14.4. The average Bonchev–Trinajstić information content (AvgIpc) is 2.87. The third-order valence-corrected chi connectivity index (χ3v) is 4.03. The van der Waals surface area contributed by atoms with Gasteiger partial charge in [-0.05, 0) is 31.4 Å². The third kappa shape index (κ3) is 4.58. The number of anilines is 1. The summed E-state index contributed by atoms with van der Waals surface area (Å²) in [5.41, 5.74) is 2.12. The van der Waals surface area contributed by atoms with Gasteiger partial charge in [-0.15, -0.1) is 0 Å². The number of hydrogen-bond donors (Lipinski definition) is 2. The number of aliphatic carboxylic acids is 1. The van der Waals surface area contributed by atoms with Gasteiger partial charge in [-0.2, -0.15) is 0 Å². The van der Waals surface area contributed by atoms with E-state index in [-0.39, 0.29) is 19.0 Å². The molecular formula is C16H24N4O3. The number of rotatable bonds is 8. The van der Waals surface area contributed by atoms with E-state index < -0.39 is 5.97 Å². The van der Waals surface area contributed by atoms with E-state index in [4.69, 9.17) is 5.11 Å². The lowest BCUT2D eigenvalue weighted by molar-refractivity contribution is -0.137. The monoisotopic (exact) mass is 320 g/mol. The standard InChI is InChI=1S/C16H24N4O3/c1-12-5-6-13(18-15(12)17-2)4-3-8-19-10-11-20(16(19)23)9-7-14(21)22/h5-6H,3-4,7-11H2,1-2H3,(H,17,18)(H,21,22). The van der Waals surface area contributed by atoms with Crippen LogP contribution in [-0.2, 0) is 11.2 Å². The van der Waals surface area contributed by atoms with Crippen molar-refractivity contribution in [3.63, 3.8) is 0 Å². The maximum atomic E-state index is 12.1. The van der Waals surface area contributed by atoms with Crippen LogP contribution in [0.15, 0.2) is 12.1 Å². The Hall–Kier alpha value is -2.31. The summed E-state index contributed by atoms with van der Waals surface area (Å²) in [6.07, 6.45) is 1.66. The lowest BCUT2D eigenvalue weighted by Crippen LogP contribution is -2.33. The zero-order valence-electron chi connectivity index (χ0n) is 13.7. The van der Waals surface area contributed by atoms with Crippen LogP contribution in [0.1, 0.15) is 24.1 Å². The molecule has 0 saturated carbocycles. The lowest BCUT2D eigenvalue weighted by Gasteiger charge is -2.18. The van der Waals surface area contributed by atoms with Gasteiger partial charge in [0, 0.05) is 38.9 Å². The number of urea groups is 1. The number of aryl methyl sites for hydroxylation is 2. The fourth-order valence-corrected chi connectivity index (χ4v) is 2.69. The van der Waals surface area contributed by atoms with E-state index in [9.17, 15) is 9.59 Å². The summed E-state index contributed by atoms with van der Waals surface area (Å²) < 4.78 is 0. The highest BCUT2D eigenvalue weighted by Gasteiger charge is 2.27. The van der Waals surface area contributed by atoms with Crippen molar-refractivity contribution < 1.29 is 14.7 Å². The Labute approximate surface area is 136 Å². The number of carbonyl (C=O) groups is 2. The van der Waals surface area contributed by atoms with Crippen LogP contribution in [-0.4, -0.2) is 65.1 Å². The molecule has 2 amide bonds. The highest BCUT2D eigenvalue weighted by Crippen LogP contribution is 2.14. The largest absolute Gasteiger partial charge is 0.481 e. The molecule has 0 bridgehead atoms. The molecule has 2 N–H and O–H groups in total. The molecular weight excluding hydrogens is 296 g/mol. The summed E-state index contributed by atoms with van der Waals surface area (Å²) in [6, 6.07) is 4.00. The van der Waals surface area contributed by atoms with E-state index in [1.807, 2.05) is 26.1 Å². The van der Waals surface area contributed by atoms with Gasteiger partial charge in [0.05, 0.1) is 6.42 Å². The van der Waals surface area contributed by atoms with Gasteiger partial charge in [-0.25, -0.2) is 9.78 Å². The van der Waals surface area contributed by atoms with Crippen LogP contribution in [0.25, 0.3) is 0 Å². The number of nitrogens with one attached hydrogen (secondary N) is 1. The van der Waals surface area contributed by atoms with Crippen LogP contribution < -0.4 is 5.32 Å². The van der Waals surface area contributed by atoms with Gasteiger partial charge in [-0.3, -0.25) is 4.79 Å². The smallest absolute Gasteiger partial charge is 0.320 e. The fourth-order valence-electron chi connectivity index (χ4n) is 2.69. The third-order valence-electron chi connectivity index (χ3n) is 4.03. The van der Waals surface area contributed by atoms with Crippen LogP contribution in [0.5, 0.6) is 0 Å². The Morgan fingerprint density at radius 3 is 2.65 bits per heavy atom. The second-order valence-corrected chi connectivity index (χ2v) is 5.72. The molecule has 1 aliphatic heterocycles. The summed E-state index contributed by atoms with van der Waals surface area (Å²) in [6.45, 7) is 4.25. The zero-order chi connectivity index (χ0) is 16.8. The number of carboxylic acids is 1. The molecule has 2 rings (SSSR count). The summed E-state index contributed by atoms with van der Waals surface area (Å²) in [7, 11) is 1.85. The van der Waals surface area contributed by atoms with Crippen LogP contribution in [0, 0.1) is 6.92 Å². The zero-order valence-corrected chi connectivity index (χ0v) is 13.7. The van der Waals surface area contributed by atoms with Crippen molar-refractivity contribution >= 4 is 17.8 Å². The Bertz CT molecular complexity index is 576. The molecule has 0 atom stereocenters. The molecule has 1 saturated heterocycles. The first-order valence-corrected chi connectivity index (χ1v) is 7.91. The molecule has 0 radical (unpaired) electrons. The van der Waals surface area contributed by atoms with Crippen molar-refractivity contribution in [2.45, 2.75) is 26.2 Å². The van der Waals surface area contributed by atoms with Crippen molar-refractivity contribution in [2.24, 2.45) is 0 Å². The van der Waals surface area contributed by atoms with Crippen molar-refractivity contribution in [1.82, 2.24) is 14.8 Å². The van der Waals surface area contributed by atoms with E-state index in [2.05, 4.69) is 10.3 Å². The number of carbonyl (C=O) groups excluding carboxylic acids is 1. The van der Waals surface area contributed by atoms with E-state index in [1.165, 1.54) is 0 Å². The highest BCUT2D eigenvalue weighted by molar-refractivity contribution is 5.77. The molecule has 0 aliphatic carbocycles. The first-order chi connectivity index (χ1) is 11.0. The molecule has 7 heteroatoms. The van der Waals surface area contributed by atoms with Gasteiger partial charge < -0.3 is 20.2 Å². The van der Waals surface area contributed by atoms with Crippen molar-refractivity contribution in [2.75, 3.05) is 38.5 Å². The Morgan fingerprint density at radius 1 is 1.30 bits per heavy atom. The van der Waals surface area contributed by atoms with Crippen LogP contribution >= 0.6 is 0 Å². The predicted octanol–water partition coefficient (Wildman–Crippen LogP) is 1.58. The van der Waals surface area contributed by atoms with E-state index in [0.717, 1.165) is 29.9 Å². The summed E-state index contributed by atoms with van der Waals surface area (Å²) in [4.78, 5) is 30.7. The maximum absolute atomic E-state index is 12.1. The molecule has 1 aliphatic rings. The lowest BCUT2D eigenvalue weighted by atomic mass is 10.2. The van der Waals surface area contributed by atoms with Gasteiger partial charge in [0.1, 0.15) is 5.82 Å². The van der Waals surface area contributed by atoms with Crippen LogP contribution in [0.3, 0.4) is 0 Å². The molecule has 7 nitrogen and oxygen atoms in total. The fraction of sp³-hybridized carbons (Fsp3) is 0.562. The SMILES string of the molecule is CNc1nc(CCCN2CCN(CCC(=O)O)C2=O)ccc1C. The predicted molar refractivity (Wildman–Crippen MR) is 87.6 cm³/mol. The average molecular weight is 320 g/mol. The van der Waals surface area contributed by atoms with Gasteiger partial charge in [-0.1, -0.05) is 6.07 Å². The number of nitrogens with zero attached hydrogens (tertiary/aromatic N) is 3. The molecule has 1 fully saturated rings. The van der Waals surface area contributed by atoms with Crippen molar-refractivity contribution in [3.05, 3.63) is 23.4 Å². The maximum Gasteiger partial charge on any atom is 0.320 e. The van der Waals surface area contributed by atoms with Crippen molar-refractivity contribution in [3.8, 4) is 0 Å². The number of carboxylic acid groups (broad SMARTS) is 1. The summed E-state index contributed by atoms with van der Waals surface area (Å²) >= 11 is 0. The van der Waals surface area contributed by atoms with Gasteiger partial charge >= 0.3 is 12.0 Å². The minimum atomic E-state index is -0.873. The second kappa shape index (κ2) is 7.80. The molecule has 0 unspecified atom stereocenters. The van der Waals surface area contributed by atoms with Gasteiger partial charge in [0.2, 0.25) is 0 Å². The van der Waals surface area contributed by atoms with Gasteiger partial charge in [0.25, 0.3) is 0 Å². The number of aromatic nitrogens is 1. The topological polar surface area (TPSA) is 85.8 Å². The quantitative estimate of drug-likeness (QED) is 0.759. The first kappa shape index (κ1) is 17.1. The molecule has 2 heterocycles. The number of amides is 2. The molecule has 1 aromatic heterocycles. The van der Waals surface area contributed by atoms with E-state index in [1.54, 1.807) is 9.80 Å². The van der Waals surface area contributed by atoms with E-state index in [0.29, 0.717) is 19.6 Å². The Morgan fingerprint density at radius 2 is 2.00 bits per heavy atom. The second-order valence-electron chi connectivity index (χ2n) is 5.72. The Kier molecular flexibility index (Phi) is 5.78. The van der Waals surface area contributed by atoms with Gasteiger partial charge in [0.15, 0.2) is 0 Å². The van der Waals surface area contributed by atoms with Crippen LogP contribution in [0.4, 0.5) is 10.6 Å². The molecule has 0 spiro atoms.